The van der Waals surface area contributed by atoms with Crippen molar-refractivity contribution in [2.24, 2.45) is 4.99 Å². The fourth-order valence-corrected chi connectivity index (χ4v) is 7.52. The summed E-state index contributed by atoms with van der Waals surface area (Å²) < 4.78 is 41.0. The molecule has 11 nitrogen and oxygen atoms in total. The van der Waals surface area contributed by atoms with E-state index in [1.165, 1.54) is 35.9 Å². The molecule has 0 spiro atoms. The summed E-state index contributed by atoms with van der Waals surface area (Å²) >= 11 is 25.2. The number of anilines is 1. The van der Waals surface area contributed by atoms with Crippen molar-refractivity contribution >= 4 is 85.6 Å². The Hall–Kier alpha value is -3.26. The Bertz CT molecular complexity index is 1970. The highest BCUT2D eigenvalue weighted by Crippen LogP contribution is 2.40. The summed E-state index contributed by atoms with van der Waals surface area (Å²) in [6.07, 6.45) is -0.165. The Morgan fingerprint density at radius 1 is 0.925 bits per heavy atom. The number of nitrogens with zero attached hydrogens (tertiary/aromatic N) is 2. The van der Waals surface area contributed by atoms with Crippen LogP contribution in [0.25, 0.3) is 0 Å². The predicted molar refractivity (Wildman–Crippen MR) is 213 cm³/mol. The molecule has 53 heavy (non-hydrogen) atoms. The van der Waals surface area contributed by atoms with Gasteiger partial charge in [-0.05, 0) is 79.0 Å². The maximum Gasteiger partial charge on any atom is 0.408 e. The molecule has 288 valence electrons. The molecule has 0 bridgehead atoms. The maximum absolute atomic E-state index is 13.5. The van der Waals surface area contributed by atoms with Crippen molar-refractivity contribution in [3.05, 3.63) is 79.7 Å². The molecule has 3 aromatic carbocycles. The number of hydrogen-bond donors (Lipinski definition) is 3. The normalized spacial score (nSPS) is 15.8. The average Bonchev–Trinajstić information content (AvgIpc) is 3.38. The Labute approximate surface area is 331 Å². The van der Waals surface area contributed by atoms with Crippen LogP contribution in [-0.2, 0) is 30.4 Å². The Balaban J connectivity index is 1.52. The summed E-state index contributed by atoms with van der Waals surface area (Å²) in [5.41, 5.74) is 5.05. The van der Waals surface area contributed by atoms with E-state index < -0.39 is 28.1 Å². The SMILES string of the molecule is CCNC(=O)OC1C(=O)N(c2c(Cl)cc(Cl)cc2Cl)NC1=Nc1cc(S(=O)(=O)NCCCOc2ccc(C(C)(C)CC)cc2C(C)(C)CC)ccc1Cl. The van der Waals surface area contributed by atoms with Crippen LogP contribution in [0, 0.1) is 0 Å². The molecule has 2 amide bonds. The molecule has 0 radical (unpaired) electrons. The zero-order valence-corrected chi connectivity index (χ0v) is 34.5. The van der Waals surface area contributed by atoms with Crippen LogP contribution in [0.2, 0.25) is 20.1 Å². The van der Waals surface area contributed by atoms with Gasteiger partial charge in [0.25, 0.3) is 5.91 Å². The molecule has 1 aliphatic heterocycles. The van der Waals surface area contributed by atoms with Crippen LogP contribution in [0.4, 0.5) is 16.2 Å². The third kappa shape index (κ3) is 10.1. The van der Waals surface area contributed by atoms with Crippen molar-refractivity contribution in [2.45, 2.75) is 89.6 Å². The van der Waals surface area contributed by atoms with Crippen molar-refractivity contribution in [1.82, 2.24) is 15.5 Å². The van der Waals surface area contributed by atoms with Gasteiger partial charge in [-0.15, -0.1) is 0 Å². The van der Waals surface area contributed by atoms with Gasteiger partial charge < -0.3 is 14.8 Å². The van der Waals surface area contributed by atoms with Gasteiger partial charge in [0.05, 0.1) is 32.3 Å². The molecular weight excluding hydrogens is 784 g/mol. The van der Waals surface area contributed by atoms with E-state index in [9.17, 15) is 18.0 Å². The van der Waals surface area contributed by atoms with E-state index >= 15 is 0 Å². The van der Waals surface area contributed by atoms with E-state index in [1.54, 1.807) is 6.92 Å². The summed E-state index contributed by atoms with van der Waals surface area (Å²) in [6.45, 7) is 15.4. The summed E-state index contributed by atoms with van der Waals surface area (Å²) in [4.78, 5) is 30.2. The molecule has 16 heteroatoms. The molecule has 0 aromatic heterocycles. The van der Waals surface area contributed by atoms with Gasteiger partial charge in [0, 0.05) is 23.7 Å². The van der Waals surface area contributed by atoms with Crippen LogP contribution < -0.4 is 25.2 Å². The topological polar surface area (TPSA) is 138 Å². The van der Waals surface area contributed by atoms with Crippen molar-refractivity contribution in [2.75, 3.05) is 24.7 Å². The highest BCUT2D eigenvalue weighted by molar-refractivity contribution is 7.89. The number of hydrogen-bond acceptors (Lipinski definition) is 7. The number of ether oxygens (including phenoxy) is 2. The number of aliphatic imine (C=N–C) groups is 1. The Kier molecular flexibility index (Phi) is 14.0. The van der Waals surface area contributed by atoms with Gasteiger partial charge in [-0.3, -0.25) is 10.2 Å². The van der Waals surface area contributed by atoms with Gasteiger partial charge in [0.15, 0.2) is 5.84 Å². The van der Waals surface area contributed by atoms with E-state index in [-0.39, 0.29) is 72.7 Å². The zero-order valence-electron chi connectivity index (χ0n) is 30.7. The lowest BCUT2D eigenvalue weighted by atomic mass is 9.76. The minimum absolute atomic E-state index is 0.0198. The minimum Gasteiger partial charge on any atom is -0.493 e. The number of carbonyl (C=O) groups is 2. The van der Waals surface area contributed by atoms with Gasteiger partial charge in [0.2, 0.25) is 16.1 Å². The highest BCUT2D eigenvalue weighted by atomic mass is 35.5. The molecule has 0 saturated carbocycles. The largest absolute Gasteiger partial charge is 0.493 e. The first-order valence-electron chi connectivity index (χ1n) is 17.2. The van der Waals surface area contributed by atoms with E-state index in [1.807, 2.05) is 6.07 Å². The van der Waals surface area contributed by atoms with Crippen molar-refractivity contribution in [3.63, 3.8) is 0 Å². The standard InChI is InChI=1S/C37H45Cl4N5O6S/c1-8-36(4,5)22-12-15-30(25(18-22)37(6,7)9-2)51-17-11-16-43-53(49,50)24-13-14-26(39)29(21-24)44-33-32(52-35(48)42-10-3)34(47)46(45-33)31-27(40)19-23(38)20-28(31)41/h12-15,18-21,32,43H,8-11,16-17H2,1-7H3,(H,42,48)(H,44,45). The van der Waals surface area contributed by atoms with Crippen molar-refractivity contribution < 1.29 is 27.5 Å². The number of sulfonamides is 1. The van der Waals surface area contributed by atoms with Crippen LogP contribution in [0.1, 0.15) is 78.9 Å². The molecular formula is C37H45Cl4N5O6S. The summed E-state index contributed by atoms with van der Waals surface area (Å²) in [5, 5.41) is 3.78. The second-order valence-electron chi connectivity index (χ2n) is 13.7. The quantitative estimate of drug-likeness (QED) is 0.130. The molecule has 1 unspecified atom stereocenters. The lowest BCUT2D eigenvalue weighted by Crippen LogP contribution is -2.37. The summed E-state index contributed by atoms with van der Waals surface area (Å²) in [5.74, 6) is -0.178. The third-order valence-electron chi connectivity index (χ3n) is 9.27. The van der Waals surface area contributed by atoms with Crippen LogP contribution >= 0.6 is 46.4 Å². The van der Waals surface area contributed by atoms with Crippen LogP contribution in [0.15, 0.2) is 58.4 Å². The van der Waals surface area contributed by atoms with E-state index in [4.69, 9.17) is 55.9 Å². The van der Waals surface area contributed by atoms with Gasteiger partial charge in [-0.25, -0.2) is 27.9 Å². The first-order chi connectivity index (χ1) is 24.8. The first-order valence-corrected chi connectivity index (χ1v) is 20.2. The number of hydrazine groups is 1. The maximum atomic E-state index is 13.5. The number of halogens is 4. The van der Waals surface area contributed by atoms with E-state index in [0.29, 0.717) is 6.42 Å². The van der Waals surface area contributed by atoms with E-state index in [2.05, 4.69) is 74.1 Å². The van der Waals surface area contributed by atoms with Gasteiger partial charge >= 0.3 is 6.09 Å². The smallest absolute Gasteiger partial charge is 0.408 e. The van der Waals surface area contributed by atoms with Crippen LogP contribution in [0.3, 0.4) is 0 Å². The lowest BCUT2D eigenvalue weighted by Gasteiger charge is -2.30. The Morgan fingerprint density at radius 3 is 2.21 bits per heavy atom. The Morgan fingerprint density at radius 2 is 1.58 bits per heavy atom. The molecule has 3 N–H and O–H groups in total. The molecule has 3 aromatic rings. The second kappa shape index (κ2) is 17.5. The summed E-state index contributed by atoms with van der Waals surface area (Å²) in [7, 11) is -4.03. The second-order valence-corrected chi connectivity index (χ2v) is 17.1. The zero-order chi connectivity index (χ0) is 39.3. The number of carbonyl (C=O) groups excluding carboxylic acids is 2. The van der Waals surface area contributed by atoms with Gasteiger partial charge in [0.1, 0.15) is 11.4 Å². The van der Waals surface area contributed by atoms with E-state index in [0.717, 1.165) is 29.2 Å². The number of benzene rings is 3. The average molecular weight is 830 g/mol. The number of amidine groups is 1. The minimum atomic E-state index is -4.03. The van der Waals surface area contributed by atoms with Crippen LogP contribution in [0.5, 0.6) is 5.75 Å². The van der Waals surface area contributed by atoms with Gasteiger partial charge in [-0.2, -0.15) is 0 Å². The van der Waals surface area contributed by atoms with Crippen LogP contribution in [-0.4, -0.2) is 52.1 Å². The number of alkyl carbamates (subject to hydrolysis) is 1. The molecule has 0 aliphatic carbocycles. The van der Waals surface area contributed by atoms with Crippen molar-refractivity contribution in [1.29, 1.82) is 0 Å². The number of rotatable bonds is 15. The predicted octanol–water partition coefficient (Wildman–Crippen LogP) is 9.12. The molecule has 1 fully saturated rings. The molecule has 4 rings (SSSR count). The monoisotopic (exact) mass is 827 g/mol. The van der Waals surface area contributed by atoms with Crippen molar-refractivity contribution in [3.8, 4) is 5.75 Å². The highest BCUT2D eigenvalue weighted by Gasteiger charge is 2.43. The number of amides is 2. The lowest BCUT2D eigenvalue weighted by molar-refractivity contribution is -0.122. The fourth-order valence-electron chi connectivity index (χ4n) is 5.28. The summed E-state index contributed by atoms with van der Waals surface area (Å²) in [6, 6.07) is 13.0. The van der Waals surface area contributed by atoms with Gasteiger partial charge in [-0.1, -0.05) is 100 Å². The molecule has 1 heterocycles. The molecule has 1 saturated heterocycles. The third-order valence-corrected chi connectivity index (χ3v) is 11.8. The first kappa shape index (κ1) is 42.5. The fraction of sp³-hybridized carbons (Fsp3) is 0.432. The molecule has 1 aliphatic rings. The number of nitrogens with one attached hydrogen (secondary N) is 3. The molecule has 1 atom stereocenters.